The Bertz CT molecular complexity index is 67.1. The molecule has 3 N–H and O–H groups in total. The predicted octanol–water partition coefficient (Wildman–Crippen LogP) is -1.22. The molecule has 0 amide bonds. The van der Waals surface area contributed by atoms with Crippen LogP contribution in [0.4, 0.5) is 0 Å². The van der Waals surface area contributed by atoms with Crippen LogP contribution in [0.5, 0.6) is 0 Å². The highest BCUT2D eigenvalue weighted by molar-refractivity contribution is 7.80. The molecule has 4 heteroatoms. The minimum Gasteiger partial charge on any atom is -0.376 e. The average molecular weight is 150 g/mol. The number of rotatable bonds is 2. The van der Waals surface area contributed by atoms with Crippen LogP contribution in [0.1, 0.15) is 13.3 Å². The number of thiocarbonyl (C=S) groups is 1. The molecule has 0 radical (unpaired) electrons. The molecule has 0 saturated heterocycles. The Balaban J connectivity index is 0. The summed E-state index contributed by atoms with van der Waals surface area (Å²) in [6, 6.07) is 0. The highest BCUT2D eigenvalue weighted by Gasteiger charge is 1.79. The summed E-state index contributed by atoms with van der Waals surface area (Å²) in [6.45, 7) is 2.95. The summed E-state index contributed by atoms with van der Waals surface area (Å²) in [5, 5.41) is 3.20. The minimum absolute atomic E-state index is 0. The molecule has 0 spiro atoms. The highest BCUT2D eigenvalue weighted by atomic mass is 32.1. The fourth-order valence-electron chi connectivity index (χ4n) is 0.248. The standard InChI is InChI=1S/C4H10N2S.H4Si/c1-2-3-6-4(5)7;/h2-3H2,1H3,(H3,5,6,7);1H4. The Kier molecular flexibility index (Phi) is 9.33. The van der Waals surface area contributed by atoms with Crippen molar-refractivity contribution in [3.63, 3.8) is 0 Å². The summed E-state index contributed by atoms with van der Waals surface area (Å²) in [6.07, 6.45) is 1.07. The van der Waals surface area contributed by atoms with Gasteiger partial charge in [0, 0.05) is 6.54 Å². The molecular weight excluding hydrogens is 136 g/mol. The summed E-state index contributed by atoms with van der Waals surface area (Å²) in [5.74, 6) is 0. The van der Waals surface area contributed by atoms with Crippen LogP contribution in [0.3, 0.4) is 0 Å². The lowest BCUT2D eigenvalue weighted by molar-refractivity contribution is 0.843. The monoisotopic (exact) mass is 150 g/mol. The quantitative estimate of drug-likeness (QED) is 0.383. The first-order valence-electron chi connectivity index (χ1n) is 2.30. The third-order valence-corrected chi connectivity index (χ3v) is 0.694. The van der Waals surface area contributed by atoms with Gasteiger partial charge in [0.15, 0.2) is 5.11 Å². The Hall–Kier alpha value is -0.0931. The zero-order chi connectivity index (χ0) is 5.70. The molecule has 0 heterocycles. The molecule has 0 aromatic carbocycles. The lowest BCUT2D eigenvalue weighted by Gasteiger charge is -1.96. The van der Waals surface area contributed by atoms with Crippen LogP contribution in [0.15, 0.2) is 0 Å². The predicted molar refractivity (Wildman–Crippen MR) is 46.4 cm³/mol. The van der Waals surface area contributed by atoms with Gasteiger partial charge in [-0.05, 0) is 29.6 Å². The van der Waals surface area contributed by atoms with E-state index in [1.807, 2.05) is 0 Å². The van der Waals surface area contributed by atoms with E-state index in [0.29, 0.717) is 5.11 Å². The van der Waals surface area contributed by atoms with Crippen molar-refractivity contribution in [2.24, 2.45) is 5.73 Å². The van der Waals surface area contributed by atoms with Crippen molar-refractivity contribution < 1.29 is 0 Å². The first-order chi connectivity index (χ1) is 3.27. The van der Waals surface area contributed by atoms with Gasteiger partial charge < -0.3 is 11.1 Å². The third kappa shape index (κ3) is 9.32. The van der Waals surface area contributed by atoms with Crippen molar-refractivity contribution in [3.05, 3.63) is 0 Å². The van der Waals surface area contributed by atoms with Gasteiger partial charge in [-0.1, -0.05) is 6.92 Å². The fraction of sp³-hybridized carbons (Fsp3) is 0.750. The van der Waals surface area contributed by atoms with Crippen molar-refractivity contribution in [3.8, 4) is 0 Å². The van der Waals surface area contributed by atoms with Crippen molar-refractivity contribution in [2.45, 2.75) is 13.3 Å². The first-order valence-corrected chi connectivity index (χ1v) is 2.71. The second-order valence-corrected chi connectivity index (χ2v) is 1.73. The molecule has 8 heavy (non-hydrogen) atoms. The molecule has 0 saturated carbocycles. The summed E-state index contributed by atoms with van der Waals surface area (Å²) < 4.78 is 0. The molecule has 0 aliphatic rings. The van der Waals surface area contributed by atoms with Crippen LogP contribution in [-0.4, -0.2) is 22.6 Å². The Labute approximate surface area is 59.9 Å². The Morgan fingerprint density at radius 2 is 2.25 bits per heavy atom. The number of hydrogen-bond acceptors (Lipinski definition) is 1. The Morgan fingerprint density at radius 1 is 1.75 bits per heavy atom. The maximum atomic E-state index is 5.10. The normalized spacial score (nSPS) is 7.12. The number of hydrogen-bond donors (Lipinski definition) is 2. The van der Waals surface area contributed by atoms with Crippen LogP contribution < -0.4 is 11.1 Å². The maximum absolute atomic E-state index is 5.10. The van der Waals surface area contributed by atoms with Gasteiger partial charge in [0.1, 0.15) is 0 Å². The molecule has 0 fully saturated rings. The second-order valence-electron chi connectivity index (χ2n) is 1.29. The second kappa shape index (κ2) is 6.91. The van der Waals surface area contributed by atoms with Crippen LogP contribution in [0.25, 0.3) is 0 Å². The van der Waals surface area contributed by atoms with E-state index < -0.39 is 0 Å². The molecule has 0 atom stereocenters. The third-order valence-electron chi connectivity index (χ3n) is 0.549. The largest absolute Gasteiger partial charge is 0.376 e. The van der Waals surface area contributed by atoms with Gasteiger partial charge in [0.05, 0.1) is 0 Å². The zero-order valence-electron chi connectivity index (χ0n) is 4.40. The number of nitrogens with two attached hydrogens (primary N) is 1. The van der Waals surface area contributed by atoms with Gasteiger partial charge in [-0.3, -0.25) is 0 Å². The van der Waals surface area contributed by atoms with E-state index in [9.17, 15) is 0 Å². The Morgan fingerprint density at radius 3 is 2.38 bits per heavy atom. The van der Waals surface area contributed by atoms with Crippen molar-refractivity contribution in [2.75, 3.05) is 6.54 Å². The van der Waals surface area contributed by atoms with E-state index in [4.69, 9.17) is 5.73 Å². The number of nitrogens with one attached hydrogen (secondary N) is 1. The van der Waals surface area contributed by atoms with Gasteiger partial charge in [0.2, 0.25) is 0 Å². The SMILES string of the molecule is CCCNC(N)=S.[SiH4]. The molecule has 0 aliphatic heterocycles. The molecule has 0 aromatic heterocycles. The van der Waals surface area contributed by atoms with E-state index >= 15 is 0 Å². The van der Waals surface area contributed by atoms with Gasteiger partial charge in [-0.25, -0.2) is 0 Å². The van der Waals surface area contributed by atoms with Crippen LogP contribution in [0.2, 0.25) is 0 Å². The zero-order valence-corrected chi connectivity index (χ0v) is 5.22. The molecule has 0 rings (SSSR count). The van der Waals surface area contributed by atoms with Gasteiger partial charge in [0.25, 0.3) is 0 Å². The minimum atomic E-state index is 0. The molecule has 0 bridgehead atoms. The topological polar surface area (TPSA) is 38.0 Å². The fourth-order valence-corrected chi connectivity index (χ4v) is 0.350. The van der Waals surface area contributed by atoms with Gasteiger partial charge in [-0.15, -0.1) is 0 Å². The van der Waals surface area contributed by atoms with Gasteiger partial charge in [-0.2, -0.15) is 0 Å². The molecule has 2 nitrogen and oxygen atoms in total. The average Bonchev–Trinajstić information content (AvgIpc) is 1.61. The maximum Gasteiger partial charge on any atom is 0.163 e. The summed E-state index contributed by atoms with van der Waals surface area (Å²) in [4.78, 5) is 0. The van der Waals surface area contributed by atoms with Crippen LogP contribution in [-0.2, 0) is 0 Å². The highest BCUT2D eigenvalue weighted by Crippen LogP contribution is 1.66. The molecule has 0 unspecified atom stereocenters. The lowest BCUT2D eigenvalue weighted by atomic mass is 10.5. The molecular formula is C4H14N2SSi. The first kappa shape index (κ1) is 10.8. The van der Waals surface area contributed by atoms with E-state index in [1.165, 1.54) is 0 Å². The van der Waals surface area contributed by atoms with Crippen molar-refractivity contribution in [1.82, 2.24) is 5.32 Å². The van der Waals surface area contributed by atoms with Crippen molar-refractivity contribution >= 4 is 28.3 Å². The van der Waals surface area contributed by atoms with Crippen molar-refractivity contribution in [1.29, 1.82) is 0 Å². The van der Waals surface area contributed by atoms with Crippen LogP contribution in [0, 0.1) is 0 Å². The molecule has 0 aliphatic carbocycles. The van der Waals surface area contributed by atoms with Crippen LogP contribution >= 0.6 is 12.2 Å². The molecule has 50 valence electrons. The lowest BCUT2D eigenvalue weighted by Crippen LogP contribution is -2.29. The smallest absolute Gasteiger partial charge is 0.163 e. The molecule has 0 aromatic rings. The summed E-state index contributed by atoms with van der Waals surface area (Å²) in [7, 11) is 0. The summed E-state index contributed by atoms with van der Waals surface area (Å²) in [5.41, 5.74) is 5.10. The van der Waals surface area contributed by atoms with E-state index in [0.717, 1.165) is 13.0 Å². The van der Waals surface area contributed by atoms with E-state index in [1.54, 1.807) is 0 Å². The van der Waals surface area contributed by atoms with Gasteiger partial charge >= 0.3 is 0 Å². The van der Waals surface area contributed by atoms with E-state index in [-0.39, 0.29) is 11.0 Å². The summed E-state index contributed by atoms with van der Waals surface area (Å²) >= 11 is 4.53. The van der Waals surface area contributed by atoms with E-state index in [2.05, 4.69) is 24.5 Å².